The van der Waals surface area contributed by atoms with Gasteiger partial charge in [0.15, 0.2) is 6.61 Å². The summed E-state index contributed by atoms with van der Waals surface area (Å²) in [5.41, 5.74) is 2.74. The third-order valence-corrected chi connectivity index (χ3v) is 5.17. The van der Waals surface area contributed by atoms with E-state index < -0.39 is 0 Å². The highest BCUT2D eigenvalue weighted by Gasteiger charge is 2.10. The fourth-order valence-corrected chi connectivity index (χ4v) is 3.67. The predicted molar refractivity (Wildman–Crippen MR) is 96.0 cm³/mol. The smallest absolute Gasteiger partial charge is 0.316 e. The molecule has 0 aliphatic carbocycles. The Balaban J connectivity index is 1.70. The van der Waals surface area contributed by atoms with Crippen molar-refractivity contribution >= 4 is 40.7 Å². The number of nitrogens with one attached hydrogen (secondary N) is 1. The maximum Gasteiger partial charge on any atom is 0.316 e. The van der Waals surface area contributed by atoms with Gasteiger partial charge in [-0.05, 0) is 36.4 Å². The molecule has 0 bridgehead atoms. The van der Waals surface area contributed by atoms with E-state index >= 15 is 0 Å². The molecule has 0 radical (unpaired) electrons. The topological polar surface area (TPSA) is 55.4 Å². The second-order valence-electron chi connectivity index (χ2n) is 5.05. The van der Waals surface area contributed by atoms with Gasteiger partial charge in [-0.1, -0.05) is 24.3 Å². The van der Waals surface area contributed by atoms with Crippen LogP contribution in [0.4, 0.5) is 5.69 Å². The van der Waals surface area contributed by atoms with Gasteiger partial charge in [0.1, 0.15) is 0 Å². The van der Waals surface area contributed by atoms with Crippen molar-refractivity contribution in [1.29, 1.82) is 0 Å². The van der Waals surface area contributed by atoms with E-state index in [0.717, 1.165) is 22.6 Å². The van der Waals surface area contributed by atoms with Crippen LogP contribution in [0.5, 0.6) is 0 Å². The highest BCUT2D eigenvalue weighted by atomic mass is 32.2. The van der Waals surface area contributed by atoms with Crippen molar-refractivity contribution in [3.63, 3.8) is 0 Å². The number of hydrogen-bond acceptors (Lipinski definition) is 5. The molecule has 2 rings (SSSR count). The number of carbonyl (C=O) groups excluding carboxylic acids is 2. The van der Waals surface area contributed by atoms with E-state index in [1.807, 2.05) is 49.6 Å². The van der Waals surface area contributed by atoms with Crippen LogP contribution >= 0.6 is 23.1 Å². The van der Waals surface area contributed by atoms with Gasteiger partial charge in [0.05, 0.1) is 5.75 Å². The maximum atomic E-state index is 11.9. The monoisotopic (exact) mass is 349 g/mol. The SMILES string of the molecule is Cc1cccc(C)c1NC(=O)COC(=O)CSCc1cccs1. The van der Waals surface area contributed by atoms with Crippen LogP contribution in [0, 0.1) is 13.8 Å². The zero-order valence-corrected chi connectivity index (χ0v) is 14.8. The molecule has 0 aliphatic rings. The standard InChI is InChI=1S/C17H19NO3S2/c1-12-5-3-6-13(2)17(12)18-15(19)9-21-16(20)11-22-10-14-7-4-8-23-14/h3-8H,9-11H2,1-2H3,(H,18,19). The fraction of sp³-hybridized carbons (Fsp3) is 0.294. The number of para-hydroxylation sites is 1. The molecule has 1 N–H and O–H groups in total. The first-order valence-electron chi connectivity index (χ1n) is 7.18. The molecule has 0 fully saturated rings. The third kappa shape index (κ3) is 5.73. The van der Waals surface area contributed by atoms with E-state index in [0.29, 0.717) is 0 Å². The minimum absolute atomic E-state index is 0.245. The number of carbonyl (C=O) groups is 2. The molecule has 2 aromatic rings. The number of rotatable bonds is 7. The number of ether oxygens (including phenoxy) is 1. The van der Waals surface area contributed by atoms with Crippen molar-refractivity contribution in [2.24, 2.45) is 0 Å². The minimum Gasteiger partial charge on any atom is -0.455 e. The normalized spacial score (nSPS) is 10.3. The van der Waals surface area contributed by atoms with Gasteiger partial charge in [-0.15, -0.1) is 23.1 Å². The van der Waals surface area contributed by atoms with E-state index in [-0.39, 0.29) is 24.2 Å². The Morgan fingerprint density at radius 2 is 1.91 bits per heavy atom. The molecule has 0 unspecified atom stereocenters. The zero-order valence-electron chi connectivity index (χ0n) is 13.1. The summed E-state index contributed by atoms with van der Waals surface area (Å²) < 4.78 is 5.01. The molecule has 1 aromatic carbocycles. The zero-order chi connectivity index (χ0) is 16.7. The van der Waals surface area contributed by atoms with E-state index in [1.54, 1.807) is 11.3 Å². The van der Waals surface area contributed by atoms with Gasteiger partial charge in [-0.25, -0.2) is 0 Å². The maximum absolute atomic E-state index is 11.9. The first-order chi connectivity index (χ1) is 11.1. The molecule has 0 atom stereocenters. The fourth-order valence-electron chi connectivity index (χ4n) is 2.00. The van der Waals surface area contributed by atoms with Crippen LogP contribution in [-0.4, -0.2) is 24.2 Å². The largest absolute Gasteiger partial charge is 0.455 e. The van der Waals surface area contributed by atoms with Crippen molar-refractivity contribution in [2.45, 2.75) is 19.6 Å². The van der Waals surface area contributed by atoms with Crippen molar-refractivity contribution in [1.82, 2.24) is 0 Å². The number of anilines is 1. The molecule has 0 spiro atoms. The number of thioether (sulfide) groups is 1. The van der Waals surface area contributed by atoms with Gasteiger partial charge in [0, 0.05) is 16.3 Å². The van der Waals surface area contributed by atoms with Gasteiger partial charge in [0.25, 0.3) is 5.91 Å². The molecule has 1 heterocycles. The second-order valence-corrected chi connectivity index (χ2v) is 7.07. The molecule has 23 heavy (non-hydrogen) atoms. The van der Waals surface area contributed by atoms with Gasteiger partial charge in [0.2, 0.25) is 0 Å². The van der Waals surface area contributed by atoms with Gasteiger partial charge in [-0.2, -0.15) is 0 Å². The van der Waals surface area contributed by atoms with Crippen LogP contribution < -0.4 is 5.32 Å². The molecule has 0 saturated heterocycles. The van der Waals surface area contributed by atoms with Crippen LogP contribution in [-0.2, 0) is 20.1 Å². The first kappa shape index (κ1) is 17.6. The molecule has 4 nitrogen and oxygen atoms in total. The van der Waals surface area contributed by atoms with Crippen molar-refractivity contribution in [2.75, 3.05) is 17.7 Å². The van der Waals surface area contributed by atoms with Crippen LogP contribution in [0.1, 0.15) is 16.0 Å². The van der Waals surface area contributed by atoms with Gasteiger partial charge >= 0.3 is 5.97 Å². The quantitative estimate of drug-likeness (QED) is 0.773. The lowest BCUT2D eigenvalue weighted by Gasteiger charge is -2.11. The van der Waals surface area contributed by atoms with Crippen molar-refractivity contribution in [3.05, 3.63) is 51.7 Å². The first-order valence-corrected chi connectivity index (χ1v) is 9.21. The van der Waals surface area contributed by atoms with Crippen molar-refractivity contribution in [3.8, 4) is 0 Å². The number of benzene rings is 1. The summed E-state index contributed by atoms with van der Waals surface area (Å²) in [5.74, 6) is 0.331. The van der Waals surface area contributed by atoms with E-state index in [9.17, 15) is 9.59 Å². The molecule has 122 valence electrons. The molecule has 0 saturated carbocycles. The Hall–Kier alpha value is -1.79. The summed E-state index contributed by atoms with van der Waals surface area (Å²) in [6, 6.07) is 9.80. The lowest BCUT2D eigenvalue weighted by atomic mass is 10.1. The summed E-state index contributed by atoms with van der Waals surface area (Å²) in [5, 5.41) is 4.80. The van der Waals surface area contributed by atoms with E-state index in [2.05, 4.69) is 5.32 Å². The summed E-state index contributed by atoms with van der Waals surface area (Å²) >= 11 is 3.14. The Morgan fingerprint density at radius 1 is 1.17 bits per heavy atom. The highest BCUT2D eigenvalue weighted by Crippen LogP contribution is 2.19. The predicted octanol–water partition coefficient (Wildman–Crippen LogP) is 3.78. The van der Waals surface area contributed by atoms with Crippen molar-refractivity contribution < 1.29 is 14.3 Å². The Labute approximate surface area is 144 Å². The molecular formula is C17H19NO3S2. The molecule has 1 aromatic heterocycles. The number of amides is 1. The average Bonchev–Trinajstić information content (AvgIpc) is 3.02. The van der Waals surface area contributed by atoms with Crippen LogP contribution in [0.2, 0.25) is 0 Å². The lowest BCUT2D eigenvalue weighted by Crippen LogP contribution is -2.22. The number of thiophene rings is 1. The van der Waals surface area contributed by atoms with Gasteiger partial charge in [-0.3, -0.25) is 9.59 Å². The summed E-state index contributed by atoms with van der Waals surface area (Å²) in [4.78, 5) is 24.7. The number of aryl methyl sites for hydroxylation is 2. The minimum atomic E-state index is -0.372. The molecule has 1 amide bonds. The average molecular weight is 349 g/mol. The van der Waals surface area contributed by atoms with Gasteiger partial charge < -0.3 is 10.1 Å². The Morgan fingerprint density at radius 3 is 2.57 bits per heavy atom. The Bertz CT molecular complexity index is 648. The summed E-state index contributed by atoms with van der Waals surface area (Å²) in [6.07, 6.45) is 0. The number of hydrogen-bond donors (Lipinski definition) is 1. The molecule has 0 aliphatic heterocycles. The molecule has 6 heteroatoms. The summed E-state index contributed by atoms with van der Waals surface area (Å²) in [6.45, 7) is 3.60. The second kappa shape index (κ2) is 8.74. The van der Waals surface area contributed by atoms with E-state index in [1.165, 1.54) is 16.6 Å². The van der Waals surface area contributed by atoms with Crippen LogP contribution in [0.3, 0.4) is 0 Å². The summed E-state index contributed by atoms with van der Waals surface area (Å²) in [7, 11) is 0. The highest BCUT2D eigenvalue weighted by molar-refractivity contribution is 7.99. The Kier molecular flexibility index (Phi) is 6.67. The molecular weight excluding hydrogens is 330 g/mol. The van der Waals surface area contributed by atoms with Crippen LogP contribution in [0.25, 0.3) is 0 Å². The van der Waals surface area contributed by atoms with Crippen LogP contribution in [0.15, 0.2) is 35.7 Å². The lowest BCUT2D eigenvalue weighted by molar-refractivity contribution is -0.144. The van der Waals surface area contributed by atoms with E-state index in [4.69, 9.17) is 4.74 Å². The third-order valence-electron chi connectivity index (χ3n) is 3.15. The number of esters is 1.